The van der Waals surface area contributed by atoms with E-state index in [0.717, 1.165) is 16.9 Å². The smallest absolute Gasteiger partial charge is 0.304 e. The molecule has 2 aromatic rings. The summed E-state index contributed by atoms with van der Waals surface area (Å²) in [4.78, 5) is 13.3. The summed E-state index contributed by atoms with van der Waals surface area (Å²) in [5.74, 6) is 0.226. The van der Waals surface area contributed by atoms with Gasteiger partial charge in [-0.1, -0.05) is 17.4 Å². The minimum atomic E-state index is -3.75. The maximum Gasteiger partial charge on any atom is 0.304 e. The number of ether oxygens (including phenoxy) is 1. The Morgan fingerprint density at radius 2 is 2.19 bits per heavy atom. The molecular weight excluding hydrogens is 314 g/mol. The van der Waals surface area contributed by atoms with Crippen LogP contribution in [0.2, 0.25) is 0 Å². The molecule has 0 aliphatic carbocycles. The van der Waals surface area contributed by atoms with Crippen molar-refractivity contribution in [2.75, 3.05) is 7.11 Å². The van der Waals surface area contributed by atoms with Crippen molar-refractivity contribution < 1.29 is 13.2 Å². The number of thiazole rings is 1. The van der Waals surface area contributed by atoms with E-state index in [1.807, 2.05) is 0 Å². The summed E-state index contributed by atoms with van der Waals surface area (Å²) in [5, 5.41) is 1.57. The molecule has 0 unspecified atom stereocenters. The van der Waals surface area contributed by atoms with Gasteiger partial charge < -0.3 is 15.5 Å². The molecule has 0 spiro atoms. The van der Waals surface area contributed by atoms with Crippen LogP contribution in [0, 0.1) is 0 Å². The van der Waals surface area contributed by atoms with E-state index in [-0.39, 0.29) is 22.1 Å². The van der Waals surface area contributed by atoms with Gasteiger partial charge in [-0.3, -0.25) is 4.79 Å². The number of nitrogens with one attached hydrogen (secondary N) is 2. The number of methoxy groups -OCH3 is 1. The van der Waals surface area contributed by atoms with E-state index in [4.69, 9.17) is 10.5 Å². The number of aromatic nitrogens is 1. The van der Waals surface area contributed by atoms with Crippen molar-refractivity contribution in [3.8, 4) is 5.75 Å². The number of benzene rings is 1. The van der Waals surface area contributed by atoms with Crippen LogP contribution < -0.4 is 20.1 Å². The standard InChI is InChI=1S/C12H15N3O4S2/c1-19-10-4-8(5-13)2-3-11(10)21(17,18)14-6-9-7-20-12(16)15-9/h2-4,7,14H,5-6,13H2,1H3,(H,15,16). The van der Waals surface area contributed by atoms with Crippen molar-refractivity contribution in [3.05, 3.63) is 44.5 Å². The summed E-state index contributed by atoms with van der Waals surface area (Å²) < 4.78 is 32.1. The van der Waals surface area contributed by atoms with Crippen molar-refractivity contribution in [1.82, 2.24) is 9.71 Å². The molecule has 4 N–H and O–H groups in total. The molecule has 21 heavy (non-hydrogen) atoms. The van der Waals surface area contributed by atoms with Gasteiger partial charge in [-0.15, -0.1) is 0 Å². The van der Waals surface area contributed by atoms with Gasteiger partial charge >= 0.3 is 4.87 Å². The molecule has 0 saturated carbocycles. The van der Waals surface area contributed by atoms with E-state index in [9.17, 15) is 13.2 Å². The predicted octanol–water partition coefficient (Wildman–Crippen LogP) is 0.382. The monoisotopic (exact) mass is 329 g/mol. The molecule has 0 amide bonds. The van der Waals surface area contributed by atoms with E-state index < -0.39 is 10.0 Å². The highest BCUT2D eigenvalue weighted by atomic mass is 32.2. The zero-order chi connectivity index (χ0) is 15.5. The fourth-order valence-electron chi connectivity index (χ4n) is 1.71. The minimum absolute atomic E-state index is 0.00285. The number of aromatic amines is 1. The van der Waals surface area contributed by atoms with E-state index >= 15 is 0 Å². The van der Waals surface area contributed by atoms with E-state index in [1.165, 1.54) is 13.2 Å². The van der Waals surface area contributed by atoms with Crippen LogP contribution in [0.25, 0.3) is 0 Å². The molecule has 0 aliphatic heterocycles. The lowest BCUT2D eigenvalue weighted by Crippen LogP contribution is -2.24. The highest BCUT2D eigenvalue weighted by Crippen LogP contribution is 2.24. The fourth-order valence-corrected chi connectivity index (χ4v) is 3.45. The topological polar surface area (TPSA) is 114 Å². The van der Waals surface area contributed by atoms with Crippen LogP contribution in [-0.2, 0) is 23.1 Å². The summed E-state index contributed by atoms with van der Waals surface area (Å²) in [6.07, 6.45) is 0. The van der Waals surface area contributed by atoms with Gasteiger partial charge in [-0.05, 0) is 17.7 Å². The van der Waals surface area contributed by atoms with Crippen LogP contribution in [0.3, 0.4) is 0 Å². The van der Waals surface area contributed by atoms with Crippen LogP contribution in [0.1, 0.15) is 11.3 Å². The van der Waals surface area contributed by atoms with Crippen LogP contribution in [-0.4, -0.2) is 20.5 Å². The van der Waals surface area contributed by atoms with Gasteiger partial charge in [0.1, 0.15) is 10.6 Å². The van der Waals surface area contributed by atoms with Gasteiger partial charge in [0.05, 0.1) is 13.7 Å². The molecular formula is C12H15N3O4S2. The minimum Gasteiger partial charge on any atom is -0.495 e. The second-order valence-electron chi connectivity index (χ2n) is 4.19. The fraction of sp³-hybridized carbons (Fsp3) is 0.250. The summed E-state index contributed by atoms with van der Waals surface area (Å²) >= 11 is 0.979. The average Bonchev–Trinajstić information content (AvgIpc) is 2.90. The predicted molar refractivity (Wildman–Crippen MR) is 79.9 cm³/mol. The van der Waals surface area contributed by atoms with Gasteiger partial charge in [0.25, 0.3) is 0 Å². The highest BCUT2D eigenvalue weighted by Gasteiger charge is 2.19. The maximum atomic E-state index is 12.3. The molecule has 9 heteroatoms. The second-order valence-corrected chi connectivity index (χ2v) is 6.76. The average molecular weight is 329 g/mol. The van der Waals surface area contributed by atoms with Crippen molar-refractivity contribution in [2.45, 2.75) is 18.0 Å². The molecule has 2 rings (SSSR count). The van der Waals surface area contributed by atoms with Gasteiger partial charge in [0.2, 0.25) is 10.0 Å². The van der Waals surface area contributed by atoms with Crippen molar-refractivity contribution in [3.63, 3.8) is 0 Å². The Hall–Kier alpha value is -1.68. The third-order valence-electron chi connectivity index (χ3n) is 2.78. The van der Waals surface area contributed by atoms with E-state index in [1.54, 1.807) is 17.5 Å². The number of hydrogen-bond acceptors (Lipinski definition) is 6. The van der Waals surface area contributed by atoms with Crippen LogP contribution in [0.4, 0.5) is 0 Å². The normalized spacial score (nSPS) is 11.5. The van der Waals surface area contributed by atoms with Gasteiger partial charge in [-0.25, -0.2) is 13.1 Å². The zero-order valence-corrected chi connectivity index (χ0v) is 12.9. The third kappa shape index (κ3) is 3.70. The third-order valence-corrected chi connectivity index (χ3v) is 4.94. The Labute approximate surface area is 125 Å². The van der Waals surface area contributed by atoms with Gasteiger partial charge in [0.15, 0.2) is 0 Å². The summed E-state index contributed by atoms with van der Waals surface area (Å²) in [6, 6.07) is 4.66. The first-order chi connectivity index (χ1) is 9.96. The van der Waals surface area contributed by atoms with Crippen molar-refractivity contribution in [1.29, 1.82) is 0 Å². The van der Waals surface area contributed by atoms with Crippen molar-refractivity contribution >= 4 is 21.4 Å². The first-order valence-corrected chi connectivity index (χ1v) is 8.36. The summed E-state index contributed by atoms with van der Waals surface area (Å²) in [5.41, 5.74) is 6.79. The highest BCUT2D eigenvalue weighted by molar-refractivity contribution is 7.89. The lowest BCUT2D eigenvalue weighted by molar-refractivity contribution is 0.401. The van der Waals surface area contributed by atoms with Gasteiger partial charge in [0, 0.05) is 17.6 Å². The molecule has 0 aliphatic rings. The number of nitrogens with two attached hydrogens (primary N) is 1. The maximum absolute atomic E-state index is 12.3. The largest absolute Gasteiger partial charge is 0.495 e. The molecule has 0 bridgehead atoms. The Bertz CT molecular complexity index is 780. The molecule has 0 saturated heterocycles. The first kappa shape index (κ1) is 15.7. The second kappa shape index (κ2) is 6.39. The number of rotatable bonds is 6. The van der Waals surface area contributed by atoms with Crippen LogP contribution in [0.5, 0.6) is 5.75 Å². The van der Waals surface area contributed by atoms with E-state index in [0.29, 0.717) is 12.2 Å². The molecule has 1 aromatic carbocycles. The summed E-state index contributed by atoms with van der Waals surface area (Å²) in [7, 11) is -2.36. The lowest BCUT2D eigenvalue weighted by atomic mass is 10.2. The summed E-state index contributed by atoms with van der Waals surface area (Å²) in [6.45, 7) is 0.295. The number of sulfonamides is 1. The Morgan fingerprint density at radius 3 is 2.76 bits per heavy atom. The molecule has 0 atom stereocenters. The lowest BCUT2D eigenvalue weighted by Gasteiger charge is -2.11. The van der Waals surface area contributed by atoms with Crippen LogP contribution >= 0.6 is 11.3 Å². The van der Waals surface area contributed by atoms with Crippen LogP contribution in [0.15, 0.2) is 33.3 Å². The van der Waals surface area contributed by atoms with Gasteiger partial charge in [-0.2, -0.15) is 0 Å². The Kier molecular flexibility index (Phi) is 4.78. The molecule has 0 fully saturated rings. The Balaban J connectivity index is 2.24. The molecule has 0 radical (unpaired) electrons. The molecule has 114 valence electrons. The molecule has 7 nitrogen and oxygen atoms in total. The number of hydrogen-bond donors (Lipinski definition) is 3. The quantitative estimate of drug-likeness (QED) is 0.709. The SMILES string of the molecule is COc1cc(CN)ccc1S(=O)(=O)NCc1csc(=O)[nH]1. The Morgan fingerprint density at radius 1 is 1.43 bits per heavy atom. The molecule has 1 aromatic heterocycles. The first-order valence-electron chi connectivity index (χ1n) is 5.99. The number of H-pyrrole nitrogens is 1. The van der Waals surface area contributed by atoms with E-state index in [2.05, 4.69) is 9.71 Å². The molecule has 1 heterocycles. The van der Waals surface area contributed by atoms with Crippen molar-refractivity contribution in [2.24, 2.45) is 5.73 Å². The zero-order valence-electron chi connectivity index (χ0n) is 11.3.